The predicted molar refractivity (Wildman–Crippen MR) is 98.1 cm³/mol. The van der Waals surface area contributed by atoms with Gasteiger partial charge in [-0.2, -0.15) is 0 Å². The first kappa shape index (κ1) is 18.2. The Morgan fingerprint density at radius 2 is 1.81 bits per heavy atom. The van der Waals surface area contributed by atoms with E-state index in [1.54, 1.807) is 12.4 Å². The third-order valence-corrected chi connectivity index (χ3v) is 5.85. The van der Waals surface area contributed by atoms with Crippen LogP contribution in [-0.2, 0) is 14.3 Å². The van der Waals surface area contributed by atoms with Crippen LogP contribution in [-0.4, -0.2) is 71.6 Å². The van der Waals surface area contributed by atoms with Crippen LogP contribution < -0.4 is 4.74 Å². The average molecular weight is 373 g/mol. The Kier molecular flexibility index (Phi) is 5.57. The molecule has 3 aliphatic heterocycles. The molecule has 0 unspecified atom stereocenters. The Morgan fingerprint density at radius 3 is 2.52 bits per heavy atom. The SMILES string of the molecule is O=C([C@H]1CC(=O)N(C2CCOCC2)C1)N1CCC(Oc2ccncc2)CC1. The van der Waals surface area contributed by atoms with Gasteiger partial charge in [-0.3, -0.25) is 14.6 Å². The van der Waals surface area contributed by atoms with E-state index in [2.05, 4.69) is 4.98 Å². The van der Waals surface area contributed by atoms with E-state index in [1.807, 2.05) is 21.9 Å². The number of pyridine rings is 1. The molecule has 4 rings (SSSR count). The third-order valence-electron chi connectivity index (χ3n) is 5.85. The fraction of sp³-hybridized carbons (Fsp3) is 0.650. The zero-order valence-corrected chi connectivity index (χ0v) is 15.6. The van der Waals surface area contributed by atoms with Gasteiger partial charge in [0.25, 0.3) is 0 Å². The molecule has 1 atom stereocenters. The molecule has 0 bridgehead atoms. The first-order valence-corrected chi connectivity index (χ1v) is 9.93. The van der Waals surface area contributed by atoms with E-state index >= 15 is 0 Å². The Labute approximate surface area is 159 Å². The minimum absolute atomic E-state index is 0.121. The number of rotatable bonds is 4. The van der Waals surface area contributed by atoms with Gasteiger partial charge >= 0.3 is 0 Å². The molecule has 0 aliphatic carbocycles. The summed E-state index contributed by atoms with van der Waals surface area (Å²) < 4.78 is 11.4. The van der Waals surface area contributed by atoms with Gasteiger partial charge in [0.2, 0.25) is 11.8 Å². The van der Waals surface area contributed by atoms with Crippen LogP contribution in [0.2, 0.25) is 0 Å². The van der Waals surface area contributed by atoms with Crippen LogP contribution in [0, 0.1) is 5.92 Å². The molecule has 1 aromatic rings. The maximum atomic E-state index is 12.9. The zero-order chi connectivity index (χ0) is 18.6. The Bertz CT molecular complexity index is 654. The molecule has 7 heteroatoms. The molecular weight excluding hydrogens is 346 g/mol. The highest BCUT2D eigenvalue weighted by molar-refractivity contribution is 5.89. The normalized spacial score (nSPS) is 25.0. The van der Waals surface area contributed by atoms with E-state index < -0.39 is 0 Å². The van der Waals surface area contributed by atoms with Gasteiger partial charge in [-0.25, -0.2) is 0 Å². The molecule has 3 saturated heterocycles. The summed E-state index contributed by atoms with van der Waals surface area (Å²) in [5, 5.41) is 0. The van der Waals surface area contributed by atoms with Crippen molar-refractivity contribution in [3.05, 3.63) is 24.5 Å². The molecule has 0 saturated carbocycles. The summed E-state index contributed by atoms with van der Waals surface area (Å²) in [6, 6.07) is 3.95. The number of amides is 2. The minimum atomic E-state index is -0.196. The second-order valence-electron chi connectivity index (χ2n) is 7.62. The fourth-order valence-electron chi connectivity index (χ4n) is 4.31. The number of hydrogen-bond acceptors (Lipinski definition) is 5. The molecule has 7 nitrogen and oxygen atoms in total. The van der Waals surface area contributed by atoms with Gasteiger partial charge in [0, 0.05) is 70.5 Å². The average Bonchev–Trinajstić information content (AvgIpc) is 3.11. The van der Waals surface area contributed by atoms with Gasteiger partial charge in [0.15, 0.2) is 0 Å². The van der Waals surface area contributed by atoms with Crippen molar-refractivity contribution >= 4 is 11.8 Å². The largest absolute Gasteiger partial charge is 0.490 e. The van der Waals surface area contributed by atoms with Crippen molar-refractivity contribution in [2.24, 2.45) is 5.92 Å². The van der Waals surface area contributed by atoms with E-state index in [1.165, 1.54) is 0 Å². The summed E-state index contributed by atoms with van der Waals surface area (Å²) >= 11 is 0. The summed E-state index contributed by atoms with van der Waals surface area (Å²) in [5.74, 6) is 0.873. The predicted octanol–water partition coefficient (Wildman–Crippen LogP) is 1.48. The molecule has 0 aromatic carbocycles. The Hall–Kier alpha value is -2.15. The minimum Gasteiger partial charge on any atom is -0.490 e. The van der Waals surface area contributed by atoms with Crippen LogP contribution in [0.1, 0.15) is 32.1 Å². The first-order valence-electron chi connectivity index (χ1n) is 9.93. The molecule has 4 heterocycles. The summed E-state index contributed by atoms with van der Waals surface area (Å²) in [6.45, 7) is 3.36. The maximum absolute atomic E-state index is 12.9. The van der Waals surface area contributed by atoms with Crippen LogP contribution in [0.25, 0.3) is 0 Å². The molecule has 2 amide bonds. The summed E-state index contributed by atoms with van der Waals surface area (Å²) in [4.78, 5) is 33.2. The van der Waals surface area contributed by atoms with Crippen LogP contribution in [0.15, 0.2) is 24.5 Å². The molecule has 0 N–H and O–H groups in total. The summed E-state index contributed by atoms with van der Waals surface area (Å²) in [5.41, 5.74) is 0. The number of nitrogens with zero attached hydrogens (tertiary/aromatic N) is 3. The van der Waals surface area contributed by atoms with Crippen LogP contribution in [0.3, 0.4) is 0 Å². The quantitative estimate of drug-likeness (QED) is 0.799. The molecule has 1 aromatic heterocycles. The van der Waals surface area contributed by atoms with Crippen LogP contribution in [0.5, 0.6) is 5.75 Å². The molecule has 146 valence electrons. The van der Waals surface area contributed by atoms with Gasteiger partial charge in [-0.15, -0.1) is 0 Å². The van der Waals surface area contributed by atoms with E-state index in [9.17, 15) is 9.59 Å². The number of aromatic nitrogens is 1. The van der Waals surface area contributed by atoms with Crippen molar-refractivity contribution in [2.75, 3.05) is 32.8 Å². The number of ether oxygens (including phenoxy) is 2. The molecule has 3 aliphatic rings. The van der Waals surface area contributed by atoms with Crippen molar-refractivity contribution in [3.63, 3.8) is 0 Å². The monoisotopic (exact) mass is 373 g/mol. The van der Waals surface area contributed by atoms with Gasteiger partial charge < -0.3 is 19.3 Å². The second kappa shape index (κ2) is 8.25. The van der Waals surface area contributed by atoms with Crippen molar-refractivity contribution in [2.45, 2.75) is 44.2 Å². The number of likely N-dealkylation sites (tertiary alicyclic amines) is 2. The topological polar surface area (TPSA) is 72.0 Å². The standard InChI is InChI=1S/C20H27N3O4/c24-19-13-15(14-23(19)16-5-11-26-12-6-16)20(25)22-9-3-18(4-10-22)27-17-1-7-21-8-2-17/h1-2,7-8,15-16,18H,3-6,9-14H2/t15-/m0/s1. The maximum Gasteiger partial charge on any atom is 0.227 e. The molecule has 27 heavy (non-hydrogen) atoms. The lowest BCUT2D eigenvalue weighted by molar-refractivity contribution is -0.137. The Balaban J connectivity index is 1.27. The number of carbonyl (C=O) groups is 2. The van der Waals surface area contributed by atoms with Gasteiger partial charge in [0.05, 0.1) is 5.92 Å². The number of piperidine rings is 1. The molecule has 0 radical (unpaired) electrons. The molecular formula is C20H27N3O4. The van der Waals surface area contributed by atoms with Gasteiger partial charge in [0.1, 0.15) is 11.9 Å². The zero-order valence-electron chi connectivity index (χ0n) is 15.6. The van der Waals surface area contributed by atoms with Gasteiger partial charge in [-0.05, 0) is 25.0 Å². The number of carbonyl (C=O) groups excluding carboxylic acids is 2. The highest BCUT2D eigenvalue weighted by Crippen LogP contribution is 2.27. The molecule has 0 spiro atoms. The van der Waals surface area contributed by atoms with Crippen molar-refractivity contribution in [1.29, 1.82) is 0 Å². The fourth-order valence-corrected chi connectivity index (χ4v) is 4.31. The third kappa shape index (κ3) is 4.24. The van der Waals surface area contributed by atoms with E-state index in [-0.39, 0.29) is 29.9 Å². The second-order valence-corrected chi connectivity index (χ2v) is 7.62. The highest BCUT2D eigenvalue weighted by atomic mass is 16.5. The van der Waals surface area contributed by atoms with E-state index in [0.29, 0.717) is 39.3 Å². The van der Waals surface area contributed by atoms with E-state index in [4.69, 9.17) is 9.47 Å². The Morgan fingerprint density at radius 1 is 1.11 bits per heavy atom. The number of hydrogen-bond donors (Lipinski definition) is 0. The summed E-state index contributed by atoms with van der Waals surface area (Å²) in [6.07, 6.45) is 7.31. The van der Waals surface area contributed by atoms with Crippen molar-refractivity contribution in [1.82, 2.24) is 14.8 Å². The summed E-state index contributed by atoms with van der Waals surface area (Å²) in [7, 11) is 0. The van der Waals surface area contributed by atoms with Crippen LogP contribution in [0.4, 0.5) is 0 Å². The van der Waals surface area contributed by atoms with E-state index in [0.717, 1.165) is 31.4 Å². The lowest BCUT2D eigenvalue weighted by atomic mass is 10.0. The molecule has 3 fully saturated rings. The first-order chi connectivity index (χ1) is 13.2. The van der Waals surface area contributed by atoms with Crippen LogP contribution >= 0.6 is 0 Å². The smallest absolute Gasteiger partial charge is 0.227 e. The lowest BCUT2D eigenvalue weighted by Gasteiger charge is -2.34. The highest BCUT2D eigenvalue weighted by Gasteiger charge is 2.40. The van der Waals surface area contributed by atoms with Crippen molar-refractivity contribution < 1.29 is 19.1 Å². The van der Waals surface area contributed by atoms with Crippen molar-refractivity contribution in [3.8, 4) is 5.75 Å². The lowest BCUT2D eigenvalue weighted by Crippen LogP contribution is -2.45. The van der Waals surface area contributed by atoms with Gasteiger partial charge in [-0.1, -0.05) is 0 Å².